The largest absolute Gasteiger partial charge is 0.334 e. The minimum atomic E-state index is -0.220. The van der Waals surface area contributed by atoms with E-state index in [0.29, 0.717) is 19.6 Å². The SMILES string of the molecule is O=C(NCc1cccc2ccccc12)N1CCN(c2cccnc2)C(=O)C1. The van der Waals surface area contributed by atoms with Gasteiger partial charge in [-0.25, -0.2) is 4.79 Å². The van der Waals surface area contributed by atoms with Crippen molar-refractivity contribution in [2.45, 2.75) is 6.54 Å². The maximum Gasteiger partial charge on any atom is 0.318 e. The highest BCUT2D eigenvalue weighted by Crippen LogP contribution is 2.19. The minimum absolute atomic E-state index is 0.0657. The summed E-state index contributed by atoms with van der Waals surface area (Å²) in [5.41, 5.74) is 1.82. The molecule has 0 atom stereocenters. The zero-order chi connectivity index (χ0) is 18.6. The first-order valence-corrected chi connectivity index (χ1v) is 8.92. The predicted molar refractivity (Wildman–Crippen MR) is 104 cm³/mol. The van der Waals surface area contributed by atoms with Crippen molar-refractivity contribution < 1.29 is 9.59 Å². The Balaban J connectivity index is 1.39. The number of urea groups is 1. The van der Waals surface area contributed by atoms with Gasteiger partial charge in [-0.3, -0.25) is 9.78 Å². The van der Waals surface area contributed by atoms with E-state index in [2.05, 4.69) is 22.4 Å². The number of benzene rings is 2. The van der Waals surface area contributed by atoms with Gasteiger partial charge in [0.15, 0.2) is 0 Å². The van der Waals surface area contributed by atoms with Crippen LogP contribution in [0.15, 0.2) is 67.0 Å². The second-order valence-corrected chi connectivity index (χ2v) is 6.48. The van der Waals surface area contributed by atoms with Crippen LogP contribution in [0.25, 0.3) is 10.8 Å². The van der Waals surface area contributed by atoms with Gasteiger partial charge >= 0.3 is 6.03 Å². The Morgan fingerprint density at radius 3 is 2.70 bits per heavy atom. The number of piperazine rings is 1. The van der Waals surface area contributed by atoms with Gasteiger partial charge in [0, 0.05) is 25.8 Å². The number of fused-ring (bicyclic) bond motifs is 1. The van der Waals surface area contributed by atoms with Crippen molar-refractivity contribution in [2.24, 2.45) is 0 Å². The summed E-state index contributed by atoms with van der Waals surface area (Å²) in [7, 11) is 0. The molecule has 6 heteroatoms. The summed E-state index contributed by atoms with van der Waals surface area (Å²) < 4.78 is 0. The quantitative estimate of drug-likeness (QED) is 0.781. The molecular weight excluding hydrogens is 340 g/mol. The number of anilines is 1. The Morgan fingerprint density at radius 2 is 1.89 bits per heavy atom. The first-order valence-electron chi connectivity index (χ1n) is 8.92. The molecule has 136 valence electrons. The number of hydrogen-bond donors (Lipinski definition) is 1. The maximum absolute atomic E-state index is 12.5. The van der Waals surface area contributed by atoms with Crippen LogP contribution >= 0.6 is 0 Å². The molecule has 6 nitrogen and oxygen atoms in total. The average molecular weight is 360 g/mol. The highest BCUT2D eigenvalue weighted by Gasteiger charge is 2.28. The van der Waals surface area contributed by atoms with Crippen molar-refractivity contribution in [3.05, 3.63) is 72.6 Å². The zero-order valence-corrected chi connectivity index (χ0v) is 14.8. The van der Waals surface area contributed by atoms with Gasteiger partial charge in [-0.2, -0.15) is 0 Å². The summed E-state index contributed by atoms with van der Waals surface area (Å²) >= 11 is 0. The zero-order valence-electron chi connectivity index (χ0n) is 14.8. The molecule has 3 amide bonds. The topological polar surface area (TPSA) is 65.5 Å². The molecular formula is C21H20N4O2. The van der Waals surface area contributed by atoms with Crippen LogP contribution in [-0.4, -0.2) is 41.5 Å². The van der Waals surface area contributed by atoms with Crippen molar-refractivity contribution in [3.8, 4) is 0 Å². The molecule has 0 aliphatic carbocycles. The number of nitrogens with zero attached hydrogens (tertiary/aromatic N) is 3. The third-order valence-electron chi connectivity index (χ3n) is 4.78. The number of nitrogens with one attached hydrogen (secondary N) is 1. The molecule has 3 aromatic rings. The fraction of sp³-hybridized carbons (Fsp3) is 0.190. The Labute approximate surface area is 157 Å². The second-order valence-electron chi connectivity index (χ2n) is 6.48. The lowest BCUT2D eigenvalue weighted by Gasteiger charge is -2.34. The third kappa shape index (κ3) is 3.60. The highest BCUT2D eigenvalue weighted by molar-refractivity contribution is 5.97. The first-order chi connectivity index (χ1) is 13.2. The molecule has 4 rings (SSSR count). The fourth-order valence-corrected chi connectivity index (χ4v) is 3.36. The van der Waals surface area contributed by atoms with Crippen LogP contribution in [0.1, 0.15) is 5.56 Å². The lowest BCUT2D eigenvalue weighted by atomic mass is 10.0. The maximum atomic E-state index is 12.5. The number of aromatic nitrogens is 1. The Morgan fingerprint density at radius 1 is 1.04 bits per heavy atom. The standard InChI is InChI=1S/C21H20N4O2/c26-20-15-24(11-12-25(20)18-8-4-10-22-14-18)21(27)23-13-17-7-3-6-16-5-1-2-9-19(16)17/h1-10,14H,11-13,15H2,(H,23,27). The van der Waals surface area contributed by atoms with Crippen molar-refractivity contribution in [2.75, 3.05) is 24.5 Å². The fourth-order valence-electron chi connectivity index (χ4n) is 3.36. The van der Waals surface area contributed by atoms with Crippen LogP contribution in [0.5, 0.6) is 0 Å². The summed E-state index contributed by atoms with van der Waals surface area (Å²) in [6.45, 7) is 1.45. The van der Waals surface area contributed by atoms with Crippen LogP contribution in [0, 0.1) is 0 Å². The van der Waals surface area contributed by atoms with Crippen molar-refractivity contribution in [1.29, 1.82) is 0 Å². The Hall–Kier alpha value is -3.41. The van der Waals surface area contributed by atoms with Gasteiger partial charge in [0.2, 0.25) is 5.91 Å². The van der Waals surface area contributed by atoms with E-state index in [1.165, 1.54) is 0 Å². The molecule has 0 spiro atoms. The summed E-state index contributed by atoms with van der Waals surface area (Å²) in [4.78, 5) is 32.2. The normalized spacial score (nSPS) is 14.4. The van der Waals surface area contributed by atoms with E-state index < -0.39 is 0 Å². The molecule has 1 aromatic heterocycles. The van der Waals surface area contributed by atoms with Gasteiger partial charge in [0.1, 0.15) is 6.54 Å². The molecule has 1 aliphatic heterocycles. The summed E-state index contributed by atoms with van der Waals surface area (Å²) in [6.07, 6.45) is 3.33. The van der Waals surface area contributed by atoms with Crippen LogP contribution in [0.2, 0.25) is 0 Å². The lowest BCUT2D eigenvalue weighted by Crippen LogP contribution is -2.54. The molecule has 0 unspecified atom stereocenters. The lowest BCUT2D eigenvalue weighted by molar-refractivity contribution is -0.120. The van der Waals surface area contributed by atoms with Gasteiger partial charge in [-0.1, -0.05) is 42.5 Å². The molecule has 1 fully saturated rings. The number of amides is 3. The molecule has 27 heavy (non-hydrogen) atoms. The van der Waals surface area contributed by atoms with Crippen molar-refractivity contribution in [3.63, 3.8) is 0 Å². The van der Waals surface area contributed by atoms with E-state index in [1.807, 2.05) is 36.4 Å². The van der Waals surface area contributed by atoms with E-state index in [1.54, 1.807) is 28.3 Å². The number of rotatable bonds is 3. The van der Waals surface area contributed by atoms with E-state index in [-0.39, 0.29) is 18.5 Å². The number of pyridine rings is 1. The summed E-state index contributed by atoms with van der Waals surface area (Å²) in [6, 6.07) is 17.6. The minimum Gasteiger partial charge on any atom is -0.334 e. The Bertz CT molecular complexity index is 969. The van der Waals surface area contributed by atoms with E-state index in [4.69, 9.17) is 0 Å². The molecule has 0 radical (unpaired) electrons. The Kier molecular flexibility index (Phi) is 4.70. The van der Waals surface area contributed by atoms with Gasteiger partial charge < -0.3 is 15.1 Å². The van der Waals surface area contributed by atoms with E-state index in [0.717, 1.165) is 22.0 Å². The number of hydrogen-bond acceptors (Lipinski definition) is 3. The highest BCUT2D eigenvalue weighted by atomic mass is 16.2. The third-order valence-corrected chi connectivity index (χ3v) is 4.78. The molecule has 1 aliphatic rings. The van der Waals surface area contributed by atoms with Crippen molar-refractivity contribution >= 4 is 28.4 Å². The van der Waals surface area contributed by atoms with Gasteiger partial charge in [-0.15, -0.1) is 0 Å². The van der Waals surface area contributed by atoms with Crippen LogP contribution in [-0.2, 0) is 11.3 Å². The summed E-state index contributed by atoms with van der Waals surface area (Å²) in [5, 5.41) is 5.21. The number of carbonyl (C=O) groups is 2. The smallest absolute Gasteiger partial charge is 0.318 e. The van der Waals surface area contributed by atoms with Gasteiger partial charge in [0.25, 0.3) is 0 Å². The molecule has 0 bridgehead atoms. The predicted octanol–water partition coefficient (Wildman–Crippen LogP) is 2.79. The van der Waals surface area contributed by atoms with Crippen molar-refractivity contribution in [1.82, 2.24) is 15.2 Å². The van der Waals surface area contributed by atoms with Gasteiger partial charge in [0.05, 0.1) is 11.9 Å². The molecule has 2 heterocycles. The molecule has 1 N–H and O–H groups in total. The second kappa shape index (κ2) is 7.45. The molecule has 0 saturated carbocycles. The average Bonchev–Trinajstić information content (AvgIpc) is 2.72. The van der Waals surface area contributed by atoms with E-state index >= 15 is 0 Å². The molecule has 2 aromatic carbocycles. The summed E-state index contributed by atoms with van der Waals surface area (Å²) in [5.74, 6) is -0.102. The van der Waals surface area contributed by atoms with Crippen LogP contribution in [0.4, 0.5) is 10.5 Å². The van der Waals surface area contributed by atoms with Crippen LogP contribution in [0.3, 0.4) is 0 Å². The van der Waals surface area contributed by atoms with Crippen LogP contribution < -0.4 is 10.2 Å². The first kappa shape index (κ1) is 17.0. The van der Waals surface area contributed by atoms with E-state index in [9.17, 15) is 9.59 Å². The van der Waals surface area contributed by atoms with Gasteiger partial charge in [-0.05, 0) is 28.5 Å². The monoisotopic (exact) mass is 360 g/mol. The molecule has 1 saturated heterocycles. The number of carbonyl (C=O) groups excluding carboxylic acids is 2.